The molecule has 0 spiro atoms. The molecule has 1 aromatic carbocycles. The lowest BCUT2D eigenvalue weighted by atomic mass is 10.2. The van der Waals surface area contributed by atoms with Crippen LogP contribution in [0.15, 0.2) is 23.1 Å². The van der Waals surface area contributed by atoms with Crippen molar-refractivity contribution in [1.82, 2.24) is 4.90 Å². The number of methoxy groups -OCH3 is 1. The van der Waals surface area contributed by atoms with Crippen LogP contribution in [-0.4, -0.2) is 46.0 Å². The Morgan fingerprint density at radius 2 is 2.21 bits per heavy atom. The molecule has 24 heavy (non-hydrogen) atoms. The summed E-state index contributed by atoms with van der Waals surface area (Å²) in [6.07, 6.45) is 1.61. The zero-order valence-corrected chi connectivity index (χ0v) is 15.1. The number of hydrogen-bond acceptors (Lipinski definition) is 7. The van der Waals surface area contributed by atoms with Gasteiger partial charge in [-0.1, -0.05) is 30.0 Å². The molecule has 1 atom stereocenters. The summed E-state index contributed by atoms with van der Waals surface area (Å²) in [7, 11) is 1.45. The molecule has 1 aliphatic heterocycles. The molecule has 0 saturated carbocycles. The van der Waals surface area contributed by atoms with E-state index in [9.17, 15) is 14.7 Å². The maximum Gasteiger partial charge on any atom is 0.329 e. The average molecular weight is 367 g/mol. The van der Waals surface area contributed by atoms with Gasteiger partial charge in [0.2, 0.25) is 0 Å². The molecule has 128 valence electrons. The van der Waals surface area contributed by atoms with Crippen molar-refractivity contribution in [2.24, 2.45) is 0 Å². The third kappa shape index (κ3) is 3.70. The van der Waals surface area contributed by atoms with E-state index in [0.717, 1.165) is 11.8 Å². The van der Waals surface area contributed by atoms with Crippen molar-refractivity contribution in [3.8, 4) is 11.5 Å². The highest BCUT2D eigenvalue weighted by molar-refractivity contribution is 8.26. The molecule has 1 N–H and O–H groups in total. The summed E-state index contributed by atoms with van der Waals surface area (Å²) in [4.78, 5) is 26.0. The number of amides is 1. The monoisotopic (exact) mass is 367 g/mol. The molecule has 0 radical (unpaired) electrons. The first kappa shape index (κ1) is 18.3. The van der Waals surface area contributed by atoms with Crippen LogP contribution in [0.2, 0.25) is 0 Å². The fourth-order valence-electron chi connectivity index (χ4n) is 2.13. The quantitative estimate of drug-likeness (QED) is 0.487. The number of nitrogens with zero attached hydrogens (tertiary/aromatic N) is 1. The van der Waals surface area contributed by atoms with Crippen molar-refractivity contribution in [2.45, 2.75) is 19.9 Å². The molecule has 1 unspecified atom stereocenters. The Bertz CT molecular complexity index is 716. The molecule has 1 heterocycles. The van der Waals surface area contributed by atoms with Crippen LogP contribution in [0.4, 0.5) is 0 Å². The molecule has 2 rings (SSSR count). The second-order valence-electron chi connectivity index (χ2n) is 4.91. The van der Waals surface area contributed by atoms with Gasteiger partial charge in [-0.15, -0.1) is 0 Å². The number of carbonyl (C=O) groups is 2. The summed E-state index contributed by atoms with van der Waals surface area (Å²) in [5.74, 6) is -0.546. The Morgan fingerprint density at radius 3 is 2.79 bits per heavy atom. The Balaban J connectivity index is 2.24. The van der Waals surface area contributed by atoms with Gasteiger partial charge >= 0.3 is 5.97 Å². The largest absolute Gasteiger partial charge is 0.504 e. The normalized spacial score (nSPS) is 17.3. The second kappa shape index (κ2) is 7.67. The van der Waals surface area contributed by atoms with Crippen molar-refractivity contribution in [1.29, 1.82) is 0 Å². The van der Waals surface area contributed by atoms with Crippen molar-refractivity contribution >= 4 is 46.3 Å². The molecule has 1 aliphatic rings. The van der Waals surface area contributed by atoms with Gasteiger partial charge in [-0.25, -0.2) is 4.79 Å². The van der Waals surface area contributed by atoms with Gasteiger partial charge in [0.1, 0.15) is 10.4 Å². The lowest BCUT2D eigenvalue weighted by molar-refractivity contribution is -0.149. The van der Waals surface area contributed by atoms with Crippen molar-refractivity contribution in [3.63, 3.8) is 0 Å². The molecule has 1 fully saturated rings. The number of phenols is 1. The SMILES string of the molecule is CCOC(=O)C(C)N1C(=O)/C(=C/c2ccc(OC)c(O)c2)SC1=S. The first-order valence-electron chi connectivity index (χ1n) is 7.19. The summed E-state index contributed by atoms with van der Waals surface area (Å²) >= 11 is 6.31. The van der Waals surface area contributed by atoms with Crippen LogP contribution in [0.1, 0.15) is 19.4 Å². The molecule has 1 aromatic rings. The highest BCUT2D eigenvalue weighted by Gasteiger charge is 2.38. The lowest BCUT2D eigenvalue weighted by Crippen LogP contribution is -2.42. The molecule has 6 nitrogen and oxygen atoms in total. The maximum absolute atomic E-state index is 12.5. The van der Waals surface area contributed by atoms with E-state index in [1.807, 2.05) is 0 Å². The van der Waals surface area contributed by atoms with E-state index >= 15 is 0 Å². The minimum absolute atomic E-state index is 0.0263. The first-order chi connectivity index (χ1) is 11.4. The van der Waals surface area contributed by atoms with Gasteiger partial charge in [0.25, 0.3) is 5.91 Å². The van der Waals surface area contributed by atoms with E-state index in [-0.39, 0.29) is 18.3 Å². The Kier molecular flexibility index (Phi) is 5.84. The average Bonchev–Trinajstić information content (AvgIpc) is 2.81. The number of ether oxygens (including phenoxy) is 2. The number of phenolic OH excluding ortho intramolecular Hbond substituents is 1. The van der Waals surface area contributed by atoms with E-state index < -0.39 is 12.0 Å². The Morgan fingerprint density at radius 1 is 1.50 bits per heavy atom. The van der Waals surface area contributed by atoms with Crippen LogP contribution < -0.4 is 4.74 Å². The molecule has 0 aromatic heterocycles. The number of rotatable bonds is 5. The lowest BCUT2D eigenvalue weighted by Gasteiger charge is -2.21. The highest BCUT2D eigenvalue weighted by atomic mass is 32.2. The van der Waals surface area contributed by atoms with Crippen LogP contribution >= 0.6 is 24.0 Å². The molecule has 0 aliphatic carbocycles. The van der Waals surface area contributed by atoms with E-state index in [2.05, 4.69) is 0 Å². The van der Waals surface area contributed by atoms with Gasteiger partial charge in [-0.2, -0.15) is 0 Å². The minimum atomic E-state index is -0.785. The first-order valence-corrected chi connectivity index (χ1v) is 8.42. The van der Waals surface area contributed by atoms with Crippen LogP contribution in [0.5, 0.6) is 11.5 Å². The van der Waals surface area contributed by atoms with Crippen molar-refractivity contribution < 1.29 is 24.2 Å². The summed E-state index contributed by atoms with van der Waals surface area (Å²) in [6, 6.07) is 4.01. The topological polar surface area (TPSA) is 76.1 Å². The molecule has 0 bridgehead atoms. The van der Waals surface area contributed by atoms with Crippen LogP contribution in [-0.2, 0) is 14.3 Å². The van der Waals surface area contributed by atoms with Gasteiger partial charge in [-0.3, -0.25) is 9.69 Å². The number of esters is 1. The van der Waals surface area contributed by atoms with Gasteiger partial charge in [0.15, 0.2) is 11.5 Å². The smallest absolute Gasteiger partial charge is 0.329 e. The predicted octanol–water partition coefficient (Wildman–Crippen LogP) is 2.55. The summed E-state index contributed by atoms with van der Waals surface area (Å²) in [6.45, 7) is 3.51. The van der Waals surface area contributed by atoms with E-state index in [0.29, 0.717) is 20.5 Å². The fraction of sp³-hybridized carbons (Fsp3) is 0.312. The maximum atomic E-state index is 12.5. The van der Waals surface area contributed by atoms with Gasteiger partial charge in [-0.05, 0) is 37.6 Å². The molecule has 8 heteroatoms. The zero-order valence-electron chi connectivity index (χ0n) is 13.4. The second-order valence-corrected chi connectivity index (χ2v) is 6.59. The van der Waals surface area contributed by atoms with E-state index in [4.69, 9.17) is 21.7 Å². The number of carbonyl (C=O) groups excluding carboxylic acids is 2. The summed E-state index contributed by atoms with van der Waals surface area (Å²) < 4.78 is 10.2. The van der Waals surface area contributed by atoms with Crippen LogP contribution in [0.3, 0.4) is 0 Å². The third-order valence-corrected chi connectivity index (χ3v) is 4.67. The summed E-state index contributed by atoms with van der Waals surface area (Å²) in [5, 5.41) is 9.81. The van der Waals surface area contributed by atoms with E-state index in [1.165, 1.54) is 18.1 Å². The molecular weight excluding hydrogens is 350 g/mol. The Hall–Kier alpha value is -2.06. The number of hydrogen-bond donors (Lipinski definition) is 1. The van der Waals surface area contributed by atoms with Gasteiger partial charge < -0.3 is 14.6 Å². The number of thioether (sulfide) groups is 1. The van der Waals surface area contributed by atoms with E-state index in [1.54, 1.807) is 32.1 Å². The molecule has 1 amide bonds. The number of benzene rings is 1. The van der Waals surface area contributed by atoms with Gasteiger partial charge in [0.05, 0.1) is 18.6 Å². The predicted molar refractivity (Wildman–Crippen MR) is 95.8 cm³/mol. The zero-order chi connectivity index (χ0) is 17.9. The van der Waals surface area contributed by atoms with Crippen molar-refractivity contribution in [2.75, 3.05) is 13.7 Å². The fourth-order valence-corrected chi connectivity index (χ4v) is 3.55. The molecular formula is C16H17NO5S2. The number of aromatic hydroxyl groups is 1. The Labute approximate surface area is 149 Å². The van der Waals surface area contributed by atoms with Crippen LogP contribution in [0.25, 0.3) is 6.08 Å². The number of thiocarbonyl (C=S) groups is 1. The highest BCUT2D eigenvalue weighted by Crippen LogP contribution is 2.35. The summed E-state index contributed by atoms with van der Waals surface area (Å²) in [5.41, 5.74) is 0.623. The minimum Gasteiger partial charge on any atom is -0.504 e. The van der Waals surface area contributed by atoms with Crippen molar-refractivity contribution in [3.05, 3.63) is 28.7 Å². The standard InChI is InChI=1S/C16H17NO5S2/c1-4-22-15(20)9(2)17-14(19)13(24-16(17)23)8-10-5-6-12(21-3)11(18)7-10/h5-9,18H,4H2,1-3H3/b13-8-. The molecule has 1 saturated heterocycles. The third-order valence-electron chi connectivity index (χ3n) is 3.34. The van der Waals surface area contributed by atoms with Gasteiger partial charge in [0, 0.05) is 0 Å². The van der Waals surface area contributed by atoms with Crippen LogP contribution in [0, 0.1) is 0 Å².